The lowest BCUT2D eigenvalue weighted by Gasteiger charge is -2.12. The molecular weight excluding hydrogens is 573 g/mol. The maximum atomic E-state index is 15.4. The van der Waals surface area contributed by atoms with Crippen LogP contribution in [0, 0.1) is 24.4 Å². The van der Waals surface area contributed by atoms with Gasteiger partial charge in [0.2, 0.25) is 5.88 Å². The number of aromatic carboxylic acids is 1. The second-order valence-electron chi connectivity index (χ2n) is 9.66. The molecule has 43 heavy (non-hydrogen) atoms. The van der Waals surface area contributed by atoms with E-state index in [-0.39, 0.29) is 53.7 Å². The highest BCUT2D eigenvalue weighted by molar-refractivity contribution is 5.92. The number of carboxylic acids is 1. The van der Waals surface area contributed by atoms with Gasteiger partial charge in [-0.3, -0.25) is 0 Å². The molecule has 12 heteroatoms. The van der Waals surface area contributed by atoms with Crippen LogP contribution in [-0.2, 0) is 24.3 Å². The molecule has 0 bridgehead atoms. The number of rotatable bonds is 11. The van der Waals surface area contributed by atoms with Crippen LogP contribution >= 0.6 is 0 Å². The van der Waals surface area contributed by atoms with E-state index in [2.05, 4.69) is 14.7 Å². The van der Waals surface area contributed by atoms with Crippen LogP contribution in [0.25, 0.3) is 22.3 Å². The van der Waals surface area contributed by atoms with E-state index in [0.29, 0.717) is 16.6 Å². The van der Waals surface area contributed by atoms with E-state index in [1.54, 1.807) is 25.1 Å². The van der Waals surface area contributed by atoms with E-state index in [0.717, 1.165) is 17.7 Å². The van der Waals surface area contributed by atoms with E-state index >= 15 is 8.78 Å². The van der Waals surface area contributed by atoms with Crippen LogP contribution in [0.1, 0.15) is 32.9 Å². The normalized spacial score (nSPS) is 11.4. The molecule has 0 saturated carbocycles. The molecule has 2 aromatic heterocycles. The number of hydrogen-bond donors (Lipinski definition) is 1. The molecule has 0 spiro atoms. The van der Waals surface area contributed by atoms with E-state index in [1.807, 2.05) is 0 Å². The molecule has 7 nitrogen and oxygen atoms in total. The van der Waals surface area contributed by atoms with E-state index < -0.39 is 36.6 Å². The molecule has 0 fully saturated rings. The second-order valence-corrected chi connectivity index (χ2v) is 9.66. The SMILES string of the molecule is Cc1ccc(COc2cccc(-c3cc(F)c(Cc4nc5ccc(C(=O)O)cc5n4CCOC(F)F)cc3F)n2)c(F)c1. The van der Waals surface area contributed by atoms with Gasteiger partial charge in [0.25, 0.3) is 0 Å². The minimum absolute atomic E-state index is 0.0562. The zero-order valence-electron chi connectivity index (χ0n) is 22.7. The van der Waals surface area contributed by atoms with E-state index in [9.17, 15) is 23.1 Å². The molecule has 5 rings (SSSR count). The highest BCUT2D eigenvalue weighted by Crippen LogP contribution is 2.28. The fourth-order valence-electron chi connectivity index (χ4n) is 4.58. The third-order valence-corrected chi connectivity index (χ3v) is 6.70. The number of carbonyl (C=O) groups is 1. The molecule has 5 aromatic rings. The monoisotopic (exact) mass is 597 g/mol. The smallest absolute Gasteiger partial charge is 0.345 e. The number of halogens is 5. The average molecular weight is 598 g/mol. The first kappa shape index (κ1) is 29.6. The minimum atomic E-state index is -3.02. The summed E-state index contributed by atoms with van der Waals surface area (Å²) in [5.41, 5.74) is 1.55. The van der Waals surface area contributed by atoms with Gasteiger partial charge in [0.05, 0.1) is 28.9 Å². The summed E-state index contributed by atoms with van der Waals surface area (Å²) in [5.74, 6) is -2.92. The van der Waals surface area contributed by atoms with Gasteiger partial charge >= 0.3 is 12.6 Å². The lowest BCUT2D eigenvalue weighted by molar-refractivity contribution is -0.130. The molecule has 0 aliphatic carbocycles. The van der Waals surface area contributed by atoms with E-state index in [1.165, 1.54) is 41.0 Å². The van der Waals surface area contributed by atoms with Crippen molar-refractivity contribution in [3.8, 4) is 17.1 Å². The van der Waals surface area contributed by atoms with Crippen LogP contribution in [0.15, 0.2) is 66.7 Å². The Hall–Kier alpha value is -4.84. The number of fused-ring (bicyclic) bond motifs is 1. The Bertz CT molecular complexity index is 1810. The van der Waals surface area contributed by atoms with Crippen molar-refractivity contribution in [2.45, 2.75) is 33.1 Å². The highest BCUT2D eigenvalue weighted by Gasteiger charge is 2.19. The maximum Gasteiger partial charge on any atom is 0.345 e. The first-order valence-electron chi connectivity index (χ1n) is 13.0. The van der Waals surface area contributed by atoms with Gasteiger partial charge in [0.15, 0.2) is 0 Å². The topological polar surface area (TPSA) is 86.5 Å². The summed E-state index contributed by atoms with van der Waals surface area (Å²) in [6, 6.07) is 15.3. The number of carboxylic acid groups (broad SMARTS) is 1. The van der Waals surface area contributed by atoms with Crippen LogP contribution in [0.5, 0.6) is 5.88 Å². The zero-order chi connectivity index (χ0) is 30.7. The minimum Gasteiger partial charge on any atom is -0.478 e. The summed E-state index contributed by atoms with van der Waals surface area (Å²) in [6.07, 6.45) is -0.229. The van der Waals surface area contributed by atoms with Crippen molar-refractivity contribution in [1.82, 2.24) is 14.5 Å². The Morgan fingerprint density at radius 1 is 0.930 bits per heavy atom. The summed E-state index contributed by atoms with van der Waals surface area (Å²) in [4.78, 5) is 20.1. The van der Waals surface area contributed by atoms with Crippen molar-refractivity contribution in [2.75, 3.05) is 6.61 Å². The third kappa shape index (κ3) is 6.81. The number of nitrogens with zero attached hydrogens (tertiary/aromatic N) is 3. The lowest BCUT2D eigenvalue weighted by atomic mass is 10.0. The van der Waals surface area contributed by atoms with Crippen LogP contribution in [0.4, 0.5) is 22.0 Å². The Kier molecular flexibility index (Phi) is 8.67. The lowest BCUT2D eigenvalue weighted by Crippen LogP contribution is -2.12. The van der Waals surface area contributed by atoms with Gasteiger partial charge in [-0.05, 0) is 60.5 Å². The number of imidazole rings is 1. The van der Waals surface area contributed by atoms with Crippen molar-refractivity contribution in [2.24, 2.45) is 0 Å². The largest absolute Gasteiger partial charge is 0.478 e. The number of hydrogen-bond acceptors (Lipinski definition) is 5. The summed E-state index contributed by atoms with van der Waals surface area (Å²) in [5, 5.41) is 9.36. The van der Waals surface area contributed by atoms with E-state index in [4.69, 9.17) is 4.74 Å². The maximum absolute atomic E-state index is 15.4. The Balaban J connectivity index is 1.41. The highest BCUT2D eigenvalue weighted by atomic mass is 19.3. The van der Waals surface area contributed by atoms with Crippen LogP contribution in [0.2, 0.25) is 0 Å². The number of aryl methyl sites for hydroxylation is 1. The predicted molar refractivity (Wildman–Crippen MR) is 147 cm³/mol. The second kappa shape index (κ2) is 12.6. The Morgan fingerprint density at radius 2 is 1.72 bits per heavy atom. The summed E-state index contributed by atoms with van der Waals surface area (Å²) in [6.45, 7) is -1.94. The van der Waals surface area contributed by atoms with Crippen molar-refractivity contribution < 1.29 is 41.3 Å². The van der Waals surface area contributed by atoms with Gasteiger partial charge < -0.3 is 19.1 Å². The molecule has 0 aliphatic rings. The summed E-state index contributed by atoms with van der Waals surface area (Å²) < 4.78 is 81.4. The first-order chi connectivity index (χ1) is 20.6. The Morgan fingerprint density at radius 3 is 2.47 bits per heavy atom. The molecule has 2 heterocycles. The van der Waals surface area contributed by atoms with Crippen molar-refractivity contribution in [3.63, 3.8) is 0 Å². The van der Waals surface area contributed by atoms with Gasteiger partial charge in [-0.15, -0.1) is 0 Å². The first-order valence-corrected chi connectivity index (χ1v) is 13.0. The number of ether oxygens (including phenoxy) is 2. The number of aromatic nitrogens is 3. The summed E-state index contributed by atoms with van der Waals surface area (Å²) >= 11 is 0. The van der Waals surface area contributed by atoms with Gasteiger partial charge in [-0.2, -0.15) is 8.78 Å². The summed E-state index contributed by atoms with van der Waals surface area (Å²) in [7, 11) is 0. The number of alkyl halides is 2. The quantitative estimate of drug-likeness (QED) is 0.166. The third-order valence-electron chi connectivity index (χ3n) is 6.70. The van der Waals surface area contributed by atoms with Crippen LogP contribution in [-0.4, -0.2) is 38.8 Å². The van der Waals surface area contributed by atoms with Crippen molar-refractivity contribution in [3.05, 3.63) is 112 Å². The van der Waals surface area contributed by atoms with Crippen LogP contribution in [0.3, 0.4) is 0 Å². The molecular formula is C31H24F5N3O4. The van der Waals surface area contributed by atoms with Gasteiger partial charge in [0, 0.05) is 30.2 Å². The fraction of sp³-hybridized carbons (Fsp3) is 0.194. The molecule has 1 N–H and O–H groups in total. The molecule has 0 amide bonds. The Labute approximate surface area is 242 Å². The molecule has 222 valence electrons. The van der Waals surface area contributed by atoms with Crippen molar-refractivity contribution >= 4 is 17.0 Å². The molecule has 0 aliphatic heterocycles. The molecule has 0 radical (unpaired) electrons. The molecule has 0 atom stereocenters. The van der Waals surface area contributed by atoms with Crippen LogP contribution < -0.4 is 4.74 Å². The zero-order valence-corrected chi connectivity index (χ0v) is 22.7. The average Bonchev–Trinajstić information content (AvgIpc) is 3.30. The molecule has 0 unspecified atom stereocenters. The van der Waals surface area contributed by atoms with Gasteiger partial charge in [0.1, 0.15) is 29.9 Å². The predicted octanol–water partition coefficient (Wildman–Crippen LogP) is 6.93. The fourth-order valence-corrected chi connectivity index (χ4v) is 4.58. The number of pyridine rings is 1. The molecule has 3 aromatic carbocycles. The van der Waals surface area contributed by atoms with Gasteiger partial charge in [-0.1, -0.05) is 18.2 Å². The molecule has 0 saturated heterocycles. The number of benzene rings is 3. The van der Waals surface area contributed by atoms with Gasteiger partial charge in [-0.25, -0.2) is 27.9 Å². The standard InChI is InChI=1S/C31H24F5N3O4/c1-17-5-6-19(22(32)11-17)16-43-29-4-2-3-25(38-29)21-15-23(33)20(12-24(21)34)14-28-37-26-8-7-18(30(40)41)13-27(26)39(28)9-10-42-31(35)36/h2-8,11-13,15,31H,9-10,14,16H2,1H3,(H,40,41). The van der Waals surface area contributed by atoms with Crippen molar-refractivity contribution in [1.29, 1.82) is 0 Å².